The largest absolute Gasteiger partial charge is 0.460 e. The van der Waals surface area contributed by atoms with Crippen molar-refractivity contribution in [1.29, 1.82) is 0 Å². The molecule has 13 nitrogen and oxygen atoms in total. The van der Waals surface area contributed by atoms with Gasteiger partial charge in [-0.2, -0.15) is 0 Å². The van der Waals surface area contributed by atoms with Crippen molar-refractivity contribution < 1.29 is 53.5 Å². The van der Waals surface area contributed by atoms with Crippen molar-refractivity contribution >= 4 is 29.5 Å². The van der Waals surface area contributed by atoms with E-state index in [0.29, 0.717) is 19.4 Å². The predicted molar refractivity (Wildman–Crippen MR) is 176 cm³/mol. The zero-order valence-corrected chi connectivity index (χ0v) is 28.8. The topological polar surface area (TPSA) is 180 Å². The number of imide groups is 1. The average Bonchev–Trinajstić information content (AvgIpc) is 3.54. The first-order valence-electron chi connectivity index (χ1n) is 17.1. The molecule has 3 N–H and O–H groups in total. The van der Waals surface area contributed by atoms with Crippen LogP contribution in [0.1, 0.15) is 76.5 Å². The lowest BCUT2D eigenvalue weighted by molar-refractivity contribution is -0.186. The highest BCUT2D eigenvalue weighted by Crippen LogP contribution is 2.28. The monoisotopic (exact) mass is 686 g/mol. The van der Waals surface area contributed by atoms with Crippen LogP contribution >= 0.6 is 0 Å². The lowest BCUT2D eigenvalue weighted by Gasteiger charge is -2.35. The smallest absolute Gasteiger partial charge is 0.311 e. The van der Waals surface area contributed by atoms with Crippen molar-refractivity contribution in [3.8, 4) is 0 Å². The van der Waals surface area contributed by atoms with Gasteiger partial charge in [0, 0.05) is 38.0 Å². The maximum atomic E-state index is 13.2. The van der Waals surface area contributed by atoms with E-state index in [1.165, 1.54) is 4.90 Å². The molecule has 0 radical (unpaired) electrons. The van der Waals surface area contributed by atoms with Crippen LogP contribution in [0.4, 0.5) is 0 Å². The number of ketones is 1. The summed E-state index contributed by atoms with van der Waals surface area (Å²) in [7, 11) is 0. The third kappa shape index (κ3) is 9.82. The minimum atomic E-state index is -1.33. The van der Waals surface area contributed by atoms with Crippen LogP contribution in [0.5, 0.6) is 0 Å². The summed E-state index contributed by atoms with van der Waals surface area (Å²) in [6.07, 6.45) is 1.33. The van der Waals surface area contributed by atoms with E-state index in [4.69, 9.17) is 14.2 Å². The van der Waals surface area contributed by atoms with Crippen molar-refractivity contribution in [2.45, 2.75) is 116 Å². The molecule has 13 heteroatoms. The third-order valence-electron chi connectivity index (χ3n) is 9.21. The second kappa shape index (κ2) is 16.9. The number of nitrogens with zero attached hydrogens (tertiary/aromatic N) is 2. The van der Waals surface area contributed by atoms with Gasteiger partial charge in [0.1, 0.15) is 31.0 Å². The number of aliphatic hydroxyl groups is 3. The fraction of sp³-hybridized carbons (Fsp3) is 0.639. The summed E-state index contributed by atoms with van der Waals surface area (Å²) in [5.74, 6) is -1.94. The van der Waals surface area contributed by atoms with Crippen LogP contribution in [0.25, 0.3) is 0 Å². The molecule has 0 unspecified atom stereocenters. The molecule has 0 aliphatic carbocycles. The average molecular weight is 687 g/mol. The number of amides is 3. The van der Waals surface area contributed by atoms with Gasteiger partial charge in [-0.25, -0.2) is 0 Å². The van der Waals surface area contributed by atoms with Crippen molar-refractivity contribution in [2.75, 3.05) is 26.4 Å². The number of esters is 1. The number of unbranched alkanes of at least 4 members (excludes halogenated alkanes) is 2. The van der Waals surface area contributed by atoms with Gasteiger partial charge >= 0.3 is 5.97 Å². The van der Waals surface area contributed by atoms with Gasteiger partial charge in [-0.05, 0) is 63.6 Å². The van der Waals surface area contributed by atoms with Crippen LogP contribution < -0.4 is 0 Å². The van der Waals surface area contributed by atoms with Crippen LogP contribution in [0.3, 0.4) is 0 Å². The molecule has 1 aromatic rings. The number of hydrogen-bond acceptors (Lipinski definition) is 11. The van der Waals surface area contributed by atoms with E-state index in [-0.39, 0.29) is 57.4 Å². The van der Waals surface area contributed by atoms with E-state index in [2.05, 4.69) is 0 Å². The number of ether oxygens (including phenoxy) is 3. The van der Waals surface area contributed by atoms with Crippen LogP contribution in [0.2, 0.25) is 0 Å². The molecule has 0 aromatic heterocycles. The predicted octanol–water partition coefficient (Wildman–Crippen LogP) is 1.40. The van der Waals surface area contributed by atoms with E-state index in [9.17, 15) is 39.3 Å². The molecule has 2 fully saturated rings. The van der Waals surface area contributed by atoms with Crippen LogP contribution in [0, 0.1) is 5.41 Å². The molecule has 6 atom stereocenters. The molecular formula is C36H50N2O11. The summed E-state index contributed by atoms with van der Waals surface area (Å²) in [6, 6.07) is 4.44. The highest BCUT2D eigenvalue weighted by atomic mass is 16.5. The van der Waals surface area contributed by atoms with Crippen molar-refractivity contribution in [3.63, 3.8) is 0 Å². The van der Waals surface area contributed by atoms with Gasteiger partial charge in [-0.15, -0.1) is 0 Å². The van der Waals surface area contributed by atoms with Gasteiger partial charge in [-0.3, -0.25) is 28.9 Å². The number of rotatable bonds is 16. The van der Waals surface area contributed by atoms with Gasteiger partial charge in [0.25, 0.3) is 11.8 Å². The molecule has 3 aliphatic rings. The SMILES string of the molecule is CCOC[C@@H]1C[C@H](N2C(=O)C=CC2=O)C(=O)N1CC(=O)CCCCCc1ccc(COC(=O)C(C)(C)C)c(C[C@@H]2OC[C@@H](O)[C@H](O)[C@H]2O)c1. The molecule has 0 spiro atoms. The fourth-order valence-electron chi connectivity index (χ4n) is 6.30. The van der Waals surface area contributed by atoms with Crippen LogP contribution in [-0.2, 0) is 57.6 Å². The number of benzene rings is 1. The van der Waals surface area contributed by atoms with Crippen molar-refractivity contribution in [2.24, 2.45) is 5.41 Å². The normalized spacial score (nSPS) is 25.8. The summed E-state index contributed by atoms with van der Waals surface area (Å²) in [6.45, 7) is 7.60. The first kappa shape index (κ1) is 38.3. The molecular weight excluding hydrogens is 636 g/mol. The quantitative estimate of drug-likeness (QED) is 0.130. The van der Waals surface area contributed by atoms with E-state index in [1.807, 2.05) is 25.1 Å². The Morgan fingerprint density at radius 2 is 1.69 bits per heavy atom. The summed E-state index contributed by atoms with van der Waals surface area (Å²) in [5, 5.41) is 30.6. The first-order valence-corrected chi connectivity index (χ1v) is 17.1. The van der Waals surface area contributed by atoms with Crippen molar-refractivity contribution in [1.82, 2.24) is 9.80 Å². The number of Topliss-reactive ketones (excluding diaryl/α,β-unsaturated/α-hetero) is 1. The molecule has 3 heterocycles. The number of likely N-dealkylation sites (tertiary alicyclic amines) is 1. The van der Waals surface area contributed by atoms with E-state index < -0.39 is 59.6 Å². The Labute approximate surface area is 287 Å². The maximum absolute atomic E-state index is 13.2. The summed E-state index contributed by atoms with van der Waals surface area (Å²) in [5.41, 5.74) is 1.88. The lowest BCUT2D eigenvalue weighted by atomic mass is 9.91. The fourth-order valence-corrected chi connectivity index (χ4v) is 6.30. The minimum absolute atomic E-state index is 0.0368. The lowest BCUT2D eigenvalue weighted by Crippen LogP contribution is -2.53. The standard InChI is InChI=1S/C36H50N2O11/c1-5-47-20-25-17-27(38-30(41)13-14-31(38)42)34(45)37(25)18-26(39)10-8-6-7-9-22-11-12-23(19-49-35(46)36(2,3)4)24(15-22)16-29-33(44)32(43)28(40)21-48-29/h11-15,25,27-29,32-33,40,43-44H,5-10,16-21H2,1-4H3/t25-,27-,28+,29-,32-,33-/m0/s1. The number of aryl methyl sites for hydroxylation is 1. The Morgan fingerprint density at radius 1 is 0.980 bits per heavy atom. The second-order valence-corrected chi connectivity index (χ2v) is 14.1. The van der Waals surface area contributed by atoms with Crippen LogP contribution in [-0.4, -0.2) is 117 Å². The third-order valence-corrected chi connectivity index (χ3v) is 9.21. The summed E-state index contributed by atoms with van der Waals surface area (Å²) >= 11 is 0. The Morgan fingerprint density at radius 3 is 2.37 bits per heavy atom. The summed E-state index contributed by atoms with van der Waals surface area (Å²) in [4.78, 5) is 65.5. The number of carbonyl (C=O) groups excluding carboxylic acids is 5. The zero-order valence-electron chi connectivity index (χ0n) is 28.8. The van der Waals surface area contributed by atoms with Gasteiger partial charge < -0.3 is 34.4 Å². The molecule has 49 heavy (non-hydrogen) atoms. The molecule has 2 saturated heterocycles. The van der Waals surface area contributed by atoms with E-state index in [0.717, 1.165) is 46.6 Å². The maximum Gasteiger partial charge on any atom is 0.311 e. The molecule has 0 saturated carbocycles. The number of carbonyl (C=O) groups is 5. The Balaban J connectivity index is 1.31. The molecule has 3 amide bonds. The van der Waals surface area contributed by atoms with E-state index in [1.54, 1.807) is 20.8 Å². The summed E-state index contributed by atoms with van der Waals surface area (Å²) < 4.78 is 16.7. The first-order chi connectivity index (χ1) is 23.2. The Kier molecular flexibility index (Phi) is 13.3. The Hall–Kier alpha value is -3.49. The number of aliphatic hydroxyl groups excluding tert-OH is 3. The molecule has 0 bridgehead atoms. The molecule has 4 rings (SSSR count). The number of hydrogen-bond donors (Lipinski definition) is 3. The van der Waals surface area contributed by atoms with Gasteiger partial charge in [0.15, 0.2) is 5.78 Å². The zero-order chi connectivity index (χ0) is 35.9. The Bertz CT molecular complexity index is 1390. The van der Waals surface area contributed by atoms with E-state index >= 15 is 0 Å². The van der Waals surface area contributed by atoms with Crippen LogP contribution in [0.15, 0.2) is 30.4 Å². The molecule has 3 aliphatic heterocycles. The minimum Gasteiger partial charge on any atom is -0.460 e. The second-order valence-electron chi connectivity index (χ2n) is 14.1. The molecule has 270 valence electrons. The van der Waals surface area contributed by atoms with Crippen molar-refractivity contribution in [3.05, 3.63) is 47.0 Å². The van der Waals surface area contributed by atoms with Gasteiger partial charge in [-0.1, -0.05) is 24.6 Å². The van der Waals surface area contributed by atoms with Gasteiger partial charge in [0.05, 0.1) is 37.3 Å². The molecule has 1 aromatic carbocycles. The highest BCUT2D eigenvalue weighted by Gasteiger charge is 2.47. The van der Waals surface area contributed by atoms with Gasteiger partial charge in [0.2, 0.25) is 5.91 Å². The highest BCUT2D eigenvalue weighted by molar-refractivity contribution is 6.15.